The van der Waals surface area contributed by atoms with Gasteiger partial charge >= 0.3 is 0 Å². The molecule has 2 N–H and O–H groups in total. The summed E-state index contributed by atoms with van der Waals surface area (Å²) in [6.07, 6.45) is 2.14. The average molecular weight is 355 g/mol. The molecule has 0 bridgehead atoms. The zero-order valence-corrected chi connectivity index (χ0v) is 17.4. The van der Waals surface area contributed by atoms with Crippen LogP contribution in [-0.4, -0.2) is 5.91 Å². The molecule has 1 amide bonds. The van der Waals surface area contributed by atoms with Crippen molar-refractivity contribution in [3.63, 3.8) is 0 Å². The lowest BCUT2D eigenvalue weighted by Crippen LogP contribution is -2.22. The Labute approximate surface area is 158 Å². The second kappa shape index (κ2) is 5.87. The van der Waals surface area contributed by atoms with Gasteiger partial charge in [0.05, 0.1) is 0 Å². The van der Waals surface area contributed by atoms with E-state index in [-0.39, 0.29) is 22.7 Å². The van der Waals surface area contributed by atoms with Crippen molar-refractivity contribution in [1.29, 1.82) is 0 Å². The fourth-order valence-electron chi connectivity index (χ4n) is 4.03. The molecule has 0 aliphatic heterocycles. The molecule has 2 atom stereocenters. The molecule has 0 heterocycles. The van der Waals surface area contributed by atoms with Gasteiger partial charge in [-0.05, 0) is 41.2 Å². The molecular formula is C23H34N2O. The Morgan fingerprint density at radius 1 is 1.00 bits per heavy atom. The summed E-state index contributed by atoms with van der Waals surface area (Å²) in [5, 5.41) is 6.76. The van der Waals surface area contributed by atoms with Crippen LogP contribution in [0.25, 0.3) is 0 Å². The zero-order chi connectivity index (χ0) is 19.5. The fraction of sp³-hybridized carbons (Fsp3) is 0.609. The van der Waals surface area contributed by atoms with Gasteiger partial charge in [-0.2, -0.15) is 0 Å². The maximum Gasteiger partial charge on any atom is 0.228 e. The van der Waals surface area contributed by atoms with Crippen molar-refractivity contribution in [1.82, 2.24) is 0 Å². The number of nitrogens with one attached hydrogen (secondary N) is 2. The Morgan fingerprint density at radius 3 is 1.88 bits per heavy atom. The summed E-state index contributed by atoms with van der Waals surface area (Å²) in [7, 11) is 0. The number of amides is 1. The third kappa shape index (κ3) is 3.67. The van der Waals surface area contributed by atoms with E-state index in [1.807, 2.05) is 12.1 Å². The molecule has 1 aromatic carbocycles. The van der Waals surface area contributed by atoms with Gasteiger partial charge in [0.1, 0.15) is 0 Å². The van der Waals surface area contributed by atoms with Crippen LogP contribution in [0.5, 0.6) is 0 Å². The van der Waals surface area contributed by atoms with E-state index in [1.54, 1.807) is 0 Å². The van der Waals surface area contributed by atoms with Crippen molar-refractivity contribution in [3.05, 3.63) is 36.0 Å². The van der Waals surface area contributed by atoms with Gasteiger partial charge in [-0.1, -0.05) is 61.1 Å². The SMILES string of the molecule is C=C(Nc1cccc(NC(=O)[C@H]2CC2(C)C)c1C(C)(C)C)[C@H]1CC1(C)C. The number of benzene rings is 1. The molecule has 2 saturated carbocycles. The lowest BCUT2D eigenvalue weighted by atomic mass is 9.84. The van der Waals surface area contributed by atoms with E-state index in [0.717, 1.165) is 29.1 Å². The maximum absolute atomic E-state index is 12.7. The van der Waals surface area contributed by atoms with E-state index in [0.29, 0.717) is 11.3 Å². The molecule has 2 aliphatic rings. The molecule has 2 aliphatic carbocycles. The molecule has 3 rings (SSSR count). The van der Waals surface area contributed by atoms with Crippen molar-refractivity contribution in [2.75, 3.05) is 10.6 Å². The van der Waals surface area contributed by atoms with Crippen LogP contribution >= 0.6 is 0 Å². The summed E-state index contributed by atoms with van der Waals surface area (Å²) < 4.78 is 0. The van der Waals surface area contributed by atoms with Crippen LogP contribution in [0.4, 0.5) is 11.4 Å². The zero-order valence-electron chi connectivity index (χ0n) is 17.4. The summed E-state index contributed by atoms with van der Waals surface area (Å²) in [6, 6.07) is 6.12. The Bertz CT molecular complexity index is 698. The highest BCUT2D eigenvalue weighted by atomic mass is 16.2. The molecule has 2 fully saturated rings. The predicted molar refractivity (Wildman–Crippen MR) is 110 cm³/mol. The smallest absolute Gasteiger partial charge is 0.228 e. The van der Waals surface area contributed by atoms with Gasteiger partial charge in [-0.15, -0.1) is 0 Å². The highest BCUT2D eigenvalue weighted by Gasteiger charge is 2.51. The largest absolute Gasteiger partial charge is 0.359 e. The molecule has 0 unspecified atom stereocenters. The summed E-state index contributed by atoms with van der Waals surface area (Å²) in [6.45, 7) is 19.7. The quantitative estimate of drug-likeness (QED) is 0.687. The molecule has 0 aromatic heterocycles. The average Bonchev–Trinajstić information content (AvgIpc) is 3.32. The van der Waals surface area contributed by atoms with Gasteiger partial charge in [-0.25, -0.2) is 0 Å². The molecule has 3 nitrogen and oxygen atoms in total. The summed E-state index contributed by atoms with van der Waals surface area (Å²) in [5.74, 6) is 0.773. The predicted octanol–water partition coefficient (Wildman–Crippen LogP) is 5.94. The van der Waals surface area contributed by atoms with Crippen LogP contribution in [0, 0.1) is 22.7 Å². The third-order valence-electron chi connectivity index (χ3n) is 6.13. The lowest BCUT2D eigenvalue weighted by Gasteiger charge is -2.27. The standard InChI is InChI=1S/C23H34N2O/c1-14(15-12-22(15,5)6)24-17-10-9-11-18(19(17)21(2,3)4)25-20(26)16-13-23(16,7)8/h9-11,15-16,24H,1,12-13H2,2-8H3,(H,25,26)/t15-,16-/m1/s1. The lowest BCUT2D eigenvalue weighted by molar-refractivity contribution is -0.118. The molecule has 0 radical (unpaired) electrons. The van der Waals surface area contributed by atoms with E-state index >= 15 is 0 Å². The minimum absolute atomic E-state index is 0.0926. The van der Waals surface area contributed by atoms with Gasteiger partial charge in [0.15, 0.2) is 0 Å². The van der Waals surface area contributed by atoms with Crippen LogP contribution in [0.15, 0.2) is 30.5 Å². The number of allylic oxidation sites excluding steroid dienone is 1. The van der Waals surface area contributed by atoms with Crippen molar-refractivity contribution < 1.29 is 4.79 Å². The Morgan fingerprint density at radius 2 is 1.46 bits per heavy atom. The molecule has 1 aromatic rings. The second-order valence-electron chi connectivity index (χ2n) is 10.6. The highest BCUT2D eigenvalue weighted by molar-refractivity contribution is 5.96. The first-order chi connectivity index (χ1) is 11.8. The minimum atomic E-state index is -0.0926. The van der Waals surface area contributed by atoms with E-state index in [4.69, 9.17) is 0 Å². The maximum atomic E-state index is 12.7. The fourth-order valence-corrected chi connectivity index (χ4v) is 4.03. The van der Waals surface area contributed by atoms with Crippen LogP contribution in [0.2, 0.25) is 0 Å². The van der Waals surface area contributed by atoms with Crippen LogP contribution in [0.1, 0.15) is 66.9 Å². The van der Waals surface area contributed by atoms with Gasteiger partial charge in [0.25, 0.3) is 0 Å². The Balaban J connectivity index is 1.86. The van der Waals surface area contributed by atoms with Gasteiger partial charge < -0.3 is 10.6 Å². The number of anilines is 2. The number of carbonyl (C=O) groups is 1. The van der Waals surface area contributed by atoms with Crippen LogP contribution in [-0.2, 0) is 10.2 Å². The first-order valence-electron chi connectivity index (χ1n) is 9.73. The third-order valence-corrected chi connectivity index (χ3v) is 6.13. The summed E-state index contributed by atoms with van der Waals surface area (Å²) in [5.41, 5.74) is 4.57. The van der Waals surface area contributed by atoms with E-state index in [1.165, 1.54) is 6.42 Å². The van der Waals surface area contributed by atoms with Gasteiger partial charge in [0.2, 0.25) is 5.91 Å². The molecule has 3 heteroatoms. The number of rotatable bonds is 5. The van der Waals surface area contributed by atoms with Gasteiger partial charge in [0, 0.05) is 34.5 Å². The van der Waals surface area contributed by atoms with Crippen molar-refractivity contribution in [2.45, 2.75) is 66.7 Å². The van der Waals surface area contributed by atoms with E-state index in [2.05, 4.69) is 71.7 Å². The van der Waals surface area contributed by atoms with E-state index < -0.39 is 0 Å². The normalized spacial score (nSPS) is 25.3. The number of hydrogen-bond donors (Lipinski definition) is 2. The van der Waals surface area contributed by atoms with Crippen LogP contribution < -0.4 is 10.6 Å². The van der Waals surface area contributed by atoms with Crippen molar-refractivity contribution in [2.24, 2.45) is 22.7 Å². The topological polar surface area (TPSA) is 41.1 Å². The first kappa shape index (κ1) is 19.0. The summed E-state index contributed by atoms with van der Waals surface area (Å²) >= 11 is 0. The van der Waals surface area contributed by atoms with Crippen LogP contribution in [0.3, 0.4) is 0 Å². The molecule has 26 heavy (non-hydrogen) atoms. The van der Waals surface area contributed by atoms with Gasteiger partial charge in [-0.3, -0.25) is 4.79 Å². The first-order valence-corrected chi connectivity index (χ1v) is 9.73. The Kier molecular flexibility index (Phi) is 4.29. The van der Waals surface area contributed by atoms with E-state index in [9.17, 15) is 4.79 Å². The minimum Gasteiger partial charge on any atom is -0.359 e. The summed E-state index contributed by atoms with van der Waals surface area (Å²) in [4.78, 5) is 12.7. The molecular weight excluding hydrogens is 320 g/mol. The number of carbonyl (C=O) groups excluding carboxylic acids is 1. The monoisotopic (exact) mass is 354 g/mol. The molecule has 0 spiro atoms. The Hall–Kier alpha value is -1.77. The van der Waals surface area contributed by atoms with Crippen molar-refractivity contribution >= 4 is 17.3 Å². The highest BCUT2D eigenvalue weighted by Crippen LogP contribution is 2.55. The van der Waals surface area contributed by atoms with Crippen molar-refractivity contribution in [3.8, 4) is 0 Å². The molecule has 142 valence electrons. The molecule has 0 saturated heterocycles. The number of hydrogen-bond acceptors (Lipinski definition) is 2. The second-order valence-corrected chi connectivity index (χ2v) is 10.6.